The maximum Gasteiger partial charge on any atom is 0.139 e. The molecule has 0 aliphatic rings. The normalized spacial score (nSPS) is 11.2. The van der Waals surface area contributed by atoms with Crippen LogP contribution in [0.25, 0.3) is 21.9 Å². The minimum Gasteiger partial charge on any atom is -0.370 e. The van der Waals surface area contributed by atoms with Crippen molar-refractivity contribution in [3.8, 4) is 0 Å². The number of nitrogens with zero attached hydrogens (tertiary/aromatic N) is 1. The molecule has 1 aromatic carbocycles. The molecule has 0 spiro atoms. The van der Waals surface area contributed by atoms with Crippen LogP contribution >= 0.6 is 0 Å². The molecule has 4 heteroatoms. The second-order valence-electron chi connectivity index (χ2n) is 5.15. The smallest absolute Gasteiger partial charge is 0.139 e. The number of aromatic nitrogens is 3. The van der Waals surface area contributed by atoms with Gasteiger partial charge in [0, 0.05) is 35.2 Å². The quantitative estimate of drug-likeness (QED) is 0.532. The molecule has 3 aromatic heterocycles. The van der Waals surface area contributed by atoms with Gasteiger partial charge in [-0.05, 0) is 36.2 Å². The highest BCUT2D eigenvalue weighted by Gasteiger charge is 2.03. The molecule has 0 saturated carbocycles. The standard InChI is InChI=1S/C17H16N4/c1-2-4-15-14(3-1)13(11-20-15)8-9-18-16-6-5-12-7-10-19-17(12)21-16/h1-7,10-11,20H,8-9H2,(H2,18,19,21). The predicted octanol–water partition coefficient (Wildman–Crippen LogP) is 3.70. The van der Waals surface area contributed by atoms with Crippen LogP contribution in [0.2, 0.25) is 0 Å². The topological polar surface area (TPSA) is 56.5 Å². The largest absolute Gasteiger partial charge is 0.370 e. The first-order chi connectivity index (χ1) is 10.4. The SMILES string of the molecule is c1ccc2c(CCNc3ccc4cc[nH]c4n3)c[nH]c2c1. The van der Waals surface area contributed by atoms with E-state index in [9.17, 15) is 0 Å². The van der Waals surface area contributed by atoms with Gasteiger partial charge in [-0.3, -0.25) is 0 Å². The van der Waals surface area contributed by atoms with E-state index in [0.717, 1.165) is 29.8 Å². The lowest BCUT2D eigenvalue weighted by atomic mass is 10.1. The number of anilines is 1. The van der Waals surface area contributed by atoms with Crippen molar-refractivity contribution < 1.29 is 0 Å². The Morgan fingerprint density at radius 2 is 1.95 bits per heavy atom. The van der Waals surface area contributed by atoms with Crippen molar-refractivity contribution in [2.24, 2.45) is 0 Å². The summed E-state index contributed by atoms with van der Waals surface area (Å²) in [6.45, 7) is 0.862. The van der Waals surface area contributed by atoms with Crippen molar-refractivity contribution in [3.05, 3.63) is 60.4 Å². The first-order valence-corrected chi connectivity index (χ1v) is 7.13. The van der Waals surface area contributed by atoms with Crippen LogP contribution in [0.15, 0.2) is 54.9 Å². The molecule has 0 aliphatic heterocycles. The van der Waals surface area contributed by atoms with E-state index in [1.54, 1.807) is 0 Å². The van der Waals surface area contributed by atoms with E-state index in [-0.39, 0.29) is 0 Å². The minimum absolute atomic E-state index is 0.862. The third kappa shape index (κ3) is 2.25. The van der Waals surface area contributed by atoms with Gasteiger partial charge in [0.15, 0.2) is 0 Å². The molecule has 0 fully saturated rings. The van der Waals surface area contributed by atoms with Gasteiger partial charge in [0.1, 0.15) is 11.5 Å². The van der Waals surface area contributed by atoms with Gasteiger partial charge >= 0.3 is 0 Å². The average Bonchev–Trinajstić information content (AvgIpc) is 3.14. The summed E-state index contributed by atoms with van der Waals surface area (Å²) in [5, 5.41) is 5.82. The van der Waals surface area contributed by atoms with Gasteiger partial charge in [0.25, 0.3) is 0 Å². The molecular weight excluding hydrogens is 260 g/mol. The number of nitrogens with one attached hydrogen (secondary N) is 3. The summed E-state index contributed by atoms with van der Waals surface area (Å²) in [5.41, 5.74) is 3.45. The number of rotatable bonds is 4. The van der Waals surface area contributed by atoms with Crippen LogP contribution in [0.3, 0.4) is 0 Å². The number of aromatic amines is 2. The van der Waals surface area contributed by atoms with Crippen LogP contribution < -0.4 is 5.32 Å². The second-order valence-corrected chi connectivity index (χ2v) is 5.15. The number of fused-ring (bicyclic) bond motifs is 2. The first kappa shape index (κ1) is 12.0. The van der Waals surface area contributed by atoms with Crippen molar-refractivity contribution >= 4 is 27.8 Å². The van der Waals surface area contributed by atoms with Crippen molar-refractivity contribution in [1.82, 2.24) is 15.0 Å². The van der Waals surface area contributed by atoms with Crippen LogP contribution in [-0.2, 0) is 6.42 Å². The van der Waals surface area contributed by atoms with Crippen LogP contribution in [0.5, 0.6) is 0 Å². The Morgan fingerprint density at radius 1 is 1.00 bits per heavy atom. The molecule has 21 heavy (non-hydrogen) atoms. The van der Waals surface area contributed by atoms with Crippen molar-refractivity contribution in [2.45, 2.75) is 6.42 Å². The molecular formula is C17H16N4. The van der Waals surface area contributed by atoms with Crippen LogP contribution in [-0.4, -0.2) is 21.5 Å². The zero-order valence-electron chi connectivity index (χ0n) is 11.6. The van der Waals surface area contributed by atoms with Crippen molar-refractivity contribution in [2.75, 3.05) is 11.9 Å². The van der Waals surface area contributed by atoms with E-state index < -0.39 is 0 Å². The fourth-order valence-corrected chi connectivity index (χ4v) is 2.69. The van der Waals surface area contributed by atoms with Gasteiger partial charge < -0.3 is 15.3 Å². The van der Waals surface area contributed by atoms with E-state index in [1.807, 2.05) is 18.3 Å². The average molecular weight is 276 g/mol. The molecule has 3 N–H and O–H groups in total. The van der Waals surface area contributed by atoms with E-state index in [4.69, 9.17) is 0 Å². The Morgan fingerprint density at radius 3 is 2.95 bits per heavy atom. The number of hydrogen-bond acceptors (Lipinski definition) is 2. The molecule has 3 heterocycles. The second kappa shape index (κ2) is 4.98. The predicted molar refractivity (Wildman–Crippen MR) is 86.6 cm³/mol. The highest BCUT2D eigenvalue weighted by atomic mass is 15.0. The van der Waals surface area contributed by atoms with E-state index in [1.165, 1.54) is 16.5 Å². The van der Waals surface area contributed by atoms with Gasteiger partial charge in [-0.25, -0.2) is 4.98 Å². The highest BCUT2D eigenvalue weighted by Crippen LogP contribution is 2.18. The van der Waals surface area contributed by atoms with Gasteiger partial charge in [-0.15, -0.1) is 0 Å². The molecule has 4 rings (SSSR count). The third-order valence-electron chi connectivity index (χ3n) is 3.78. The van der Waals surface area contributed by atoms with Crippen LogP contribution in [0.4, 0.5) is 5.82 Å². The number of hydrogen-bond donors (Lipinski definition) is 3. The number of H-pyrrole nitrogens is 2. The summed E-state index contributed by atoms with van der Waals surface area (Å²) in [4.78, 5) is 11.0. The van der Waals surface area contributed by atoms with Crippen molar-refractivity contribution in [1.29, 1.82) is 0 Å². The summed E-state index contributed by atoms with van der Waals surface area (Å²) in [5.74, 6) is 0.907. The molecule has 4 nitrogen and oxygen atoms in total. The van der Waals surface area contributed by atoms with Crippen molar-refractivity contribution in [3.63, 3.8) is 0 Å². The summed E-state index contributed by atoms with van der Waals surface area (Å²) < 4.78 is 0. The lowest BCUT2D eigenvalue weighted by Crippen LogP contribution is -2.05. The summed E-state index contributed by atoms with van der Waals surface area (Å²) in [7, 11) is 0. The van der Waals surface area contributed by atoms with E-state index in [0.29, 0.717) is 0 Å². The summed E-state index contributed by atoms with van der Waals surface area (Å²) in [6.07, 6.45) is 4.97. The molecule has 104 valence electrons. The Bertz CT molecular complexity index is 888. The number of pyridine rings is 1. The van der Waals surface area contributed by atoms with Gasteiger partial charge in [0.05, 0.1) is 0 Å². The fraction of sp³-hybridized carbons (Fsp3) is 0.118. The zero-order chi connectivity index (χ0) is 14.1. The van der Waals surface area contributed by atoms with Crippen LogP contribution in [0, 0.1) is 0 Å². The molecule has 0 unspecified atom stereocenters. The molecule has 0 amide bonds. The lowest BCUT2D eigenvalue weighted by Gasteiger charge is -2.05. The van der Waals surface area contributed by atoms with Gasteiger partial charge in [-0.1, -0.05) is 18.2 Å². The summed E-state index contributed by atoms with van der Waals surface area (Å²) in [6, 6.07) is 14.5. The molecule has 0 aliphatic carbocycles. The zero-order valence-corrected chi connectivity index (χ0v) is 11.6. The van der Waals surface area contributed by atoms with Crippen LogP contribution in [0.1, 0.15) is 5.56 Å². The number of para-hydroxylation sites is 1. The molecule has 0 radical (unpaired) electrons. The minimum atomic E-state index is 0.862. The Hall–Kier alpha value is -2.75. The Labute approximate surface area is 122 Å². The number of benzene rings is 1. The molecule has 0 bridgehead atoms. The monoisotopic (exact) mass is 276 g/mol. The maximum absolute atomic E-state index is 4.54. The summed E-state index contributed by atoms with van der Waals surface area (Å²) >= 11 is 0. The molecule has 0 saturated heterocycles. The Balaban J connectivity index is 1.47. The third-order valence-corrected chi connectivity index (χ3v) is 3.78. The molecule has 4 aromatic rings. The maximum atomic E-state index is 4.54. The fourth-order valence-electron chi connectivity index (χ4n) is 2.69. The molecule has 0 atom stereocenters. The van der Waals surface area contributed by atoms with E-state index >= 15 is 0 Å². The van der Waals surface area contributed by atoms with E-state index in [2.05, 4.69) is 56.8 Å². The Kier molecular flexibility index (Phi) is 2.85. The van der Waals surface area contributed by atoms with Gasteiger partial charge in [-0.2, -0.15) is 0 Å². The van der Waals surface area contributed by atoms with Gasteiger partial charge in [0.2, 0.25) is 0 Å². The lowest BCUT2D eigenvalue weighted by molar-refractivity contribution is 1.02. The first-order valence-electron chi connectivity index (χ1n) is 7.13. The highest BCUT2D eigenvalue weighted by molar-refractivity contribution is 5.83.